The number of carboxylic acid groups (broad SMARTS) is 1. The lowest BCUT2D eigenvalue weighted by Gasteiger charge is -2.23. The van der Waals surface area contributed by atoms with Crippen LogP contribution in [0, 0.1) is 12.7 Å². The molecule has 0 aliphatic carbocycles. The van der Waals surface area contributed by atoms with Crippen LogP contribution < -0.4 is 4.90 Å². The molecule has 1 N–H and O–H groups in total. The first kappa shape index (κ1) is 26.5. The third-order valence-corrected chi connectivity index (χ3v) is 6.71. The SMILES string of the molecule is CCCCCCCN(C(=O)c1cc(-c2ccc(F)cc2)oc1C)c1cccc(CSCC(=O)O)c1. The summed E-state index contributed by atoms with van der Waals surface area (Å²) in [5.74, 6) is 0.297. The molecule has 186 valence electrons. The molecule has 35 heavy (non-hydrogen) atoms. The molecule has 0 saturated heterocycles. The summed E-state index contributed by atoms with van der Waals surface area (Å²) in [6.45, 7) is 4.51. The number of nitrogens with zero attached hydrogens (tertiary/aromatic N) is 1. The molecular weight excluding hydrogens is 465 g/mol. The van der Waals surface area contributed by atoms with Gasteiger partial charge in [-0.05, 0) is 61.4 Å². The van der Waals surface area contributed by atoms with Crippen molar-refractivity contribution in [1.29, 1.82) is 0 Å². The van der Waals surface area contributed by atoms with E-state index < -0.39 is 5.97 Å². The zero-order valence-corrected chi connectivity index (χ0v) is 21.1. The zero-order chi connectivity index (χ0) is 25.2. The van der Waals surface area contributed by atoms with Crippen molar-refractivity contribution in [3.8, 4) is 11.3 Å². The van der Waals surface area contributed by atoms with Crippen LogP contribution in [0.25, 0.3) is 11.3 Å². The molecule has 3 rings (SSSR count). The molecule has 0 aliphatic heterocycles. The van der Waals surface area contributed by atoms with Gasteiger partial charge >= 0.3 is 5.97 Å². The number of carboxylic acids is 1. The fraction of sp³-hybridized carbons (Fsp3) is 0.357. The van der Waals surface area contributed by atoms with Crippen LogP contribution in [0.2, 0.25) is 0 Å². The van der Waals surface area contributed by atoms with Gasteiger partial charge in [0, 0.05) is 23.5 Å². The molecule has 0 bridgehead atoms. The number of unbranched alkanes of at least 4 members (excludes halogenated alkanes) is 4. The number of thioether (sulfide) groups is 1. The van der Waals surface area contributed by atoms with Crippen LogP contribution in [-0.2, 0) is 10.5 Å². The van der Waals surface area contributed by atoms with Gasteiger partial charge in [0.1, 0.15) is 17.3 Å². The molecule has 0 aliphatic rings. The first-order chi connectivity index (χ1) is 16.9. The number of halogens is 1. The van der Waals surface area contributed by atoms with Crippen molar-refractivity contribution in [1.82, 2.24) is 0 Å². The predicted octanol–water partition coefficient (Wildman–Crippen LogP) is 7.33. The molecule has 0 unspecified atom stereocenters. The third kappa shape index (κ3) is 7.72. The van der Waals surface area contributed by atoms with Gasteiger partial charge in [-0.2, -0.15) is 0 Å². The maximum atomic E-state index is 13.7. The monoisotopic (exact) mass is 497 g/mol. The molecule has 0 fully saturated rings. The van der Waals surface area contributed by atoms with Crippen molar-refractivity contribution < 1.29 is 23.5 Å². The summed E-state index contributed by atoms with van der Waals surface area (Å²) >= 11 is 1.33. The molecule has 3 aromatic rings. The molecule has 7 heteroatoms. The number of rotatable bonds is 13. The molecular formula is C28H32FNO4S. The Morgan fingerprint density at radius 3 is 2.49 bits per heavy atom. The van der Waals surface area contributed by atoms with Crippen LogP contribution in [0.5, 0.6) is 0 Å². The highest BCUT2D eigenvalue weighted by Gasteiger charge is 2.23. The number of furan rings is 1. The van der Waals surface area contributed by atoms with E-state index in [9.17, 15) is 14.0 Å². The molecule has 0 spiro atoms. The first-order valence-corrected chi connectivity index (χ1v) is 13.1. The standard InChI is InChI=1S/C28H32FNO4S/c1-3-4-5-6-7-15-30(24-10-8-9-21(16-24)18-35-19-27(31)32)28(33)25-17-26(34-20(25)2)22-11-13-23(29)14-12-22/h8-14,16-17H,3-7,15,18-19H2,1-2H3,(H,31,32). The van der Waals surface area contributed by atoms with Crippen LogP contribution in [0.3, 0.4) is 0 Å². The van der Waals surface area contributed by atoms with E-state index in [1.807, 2.05) is 24.3 Å². The summed E-state index contributed by atoms with van der Waals surface area (Å²) in [5.41, 5.74) is 2.93. The number of carbonyl (C=O) groups excluding carboxylic acids is 1. The van der Waals surface area contributed by atoms with E-state index in [2.05, 4.69) is 6.92 Å². The number of amides is 1. The minimum atomic E-state index is -0.845. The average Bonchev–Trinajstić information content (AvgIpc) is 3.23. The van der Waals surface area contributed by atoms with E-state index in [0.717, 1.165) is 36.9 Å². The maximum Gasteiger partial charge on any atom is 0.313 e. The number of aliphatic carboxylic acids is 1. The highest BCUT2D eigenvalue weighted by molar-refractivity contribution is 7.99. The molecule has 0 atom stereocenters. The fourth-order valence-electron chi connectivity index (χ4n) is 3.89. The second-order valence-corrected chi connectivity index (χ2v) is 9.50. The molecule has 1 amide bonds. The molecule has 1 aromatic heterocycles. The number of benzene rings is 2. The van der Waals surface area contributed by atoms with Crippen molar-refractivity contribution >= 4 is 29.3 Å². The Balaban J connectivity index is 1.84. The molecule has 5 nitrogen and oxygen atoms in total. The van der Waals surface area contributed by atoms with E-state index in [4.69, 9.17) is 9.52 Å². The van der Waals surface area contributed by atoms with E-state index in [-0.39, 0.29) is 17.5 Å². The summed E-state index contributed by atoms with van der Waals surface area (Å²) in [4.78, 5) is 26.4. The lowest BCUT2D eigenvalue weighted by molar-refractivity contribution is -0.133. The smallest absolute Gasteiger partial charge is 0.313 e. The highest BCUT2D eigenvalue weighted by Crippen LogP contribution is 2.29. The van der Waals surface area contributed by atoms with Crippen molar-refractivity contribution in [3.63, 3.8) is 0 Å². The predicted molar refractivity (Wildman–Crippen MR) is 140 cm³/mol. The summed E-state index contributed by atoms with van der Waals surface area (Å²) in [7, 11) is 0. The van der Waals surface area contributed by atoms with Gasteiger partial charge in [0.15, 0.2) is 0 Å². The van der Waals surface area contributed by atoms with Gasteiger partial charge in [-0.1, -0.05) is 44.7 Å². The topological polar surface area (TPSA) is 70.8 Å². The van der Waals surface area contributed by atoms with Crippen LogP contribution in [0.15, 0.2) is 59.0 Å². The quantitative estimate of drug-likeness (QED) is 0.250. The van der Waals surface area contributed by atoms with E-state index in [0.29, 0.717) is 34.9 Å². The van der Waals surface area contributed by atoms with Gasteiger partial charge < -0.3 is 14.4 Å². The van der Waals surface area contributed by atoms with Gasteiger partial charge in [0.2, 0.25) is 0 Å². The van der Waals surface area contributed by atoms with Gasteiger partial charge in [0.05, 0.1) is 11.3 Å². The minimum absolute atomic E-state index is 0.0324. The van der Waals surface area contributed by atoms with Crippen molar-refractivity contribution in [2.75, 3.05) is 17.2 Å². The number of carbonyl (C=O) groups is 2. The Labute approximate surface area is 210 Å². The Morgan fingerprint density at radius 1 is 1.03 bits per heavy atom. The highest BCUT2D eigenvalue weighted by atomic mass is 32.2. The second-order valence-electron chi connectivity index (χ2n) is 8.51. The van der Waals surface area contributed by atoms with Crippen LogP contribution in [0.4, 0.5) is 10.1 Å². The Kier molecular flexibility index (Phi) is 9.97. The average molecular weight is 498 g/mol. The summed E-state index contributed by atoms with van der Waals surface area (Å²) in [5, 5.41) is 8.91. The van der Waals surface area contributed by atoms with Crippen molar-refractivity contribution in [2.24, 2.45) is 0 Å². The van der Waals surface area contributed by atoms with E-state index in [1.165, 1.54) is 30.3 Å². The summed E-state index contributed by atoms with van der Waals surface area (Å²) < 4.78 is 19.2. The van der Waals surface area contributed by atoms with Gasteiger partial charge in [-0.15, -0.1) is 11.8 Å². The number of anilines is 1. The molecule has 1 heterocycles. The van der Waals surface area contributed by atoms with Crippen molar-refractivity contribution in [2.45, 2.75) is 51.7 Å². The summed E-state index contributed by atoms with van der Waals surface area (Å²) in [6, 6.07) is 15.4. The second kappa shape index (κ2) is 13.1. The Morgan fingerprint density at radius 2 is 1.77 bits per heavy atom. The first-order valence-electron chi connectivity index (χ1n) is 12.0. The number of aryl methyl sites for hydroxylation is 1. The zero-order valence-electron chi connectivity index (χ0n) is 20.3. The lowest BCUT2D eigenvalue weighted by atomic mass is 10.1. The third-order valence-electron chi connectivity index (χ3n) is 5.72. The van der Waals surface area contributed by atoms with E-state index >= 15 is 0 Å². The normalized spacial score (nSPS) is 10.9. The van der Waals surface area contributed by atoms with Crippen LogP contribution in [0.1, 0.15) is 60.7 Å². The van der Waals surface area contributed by atoms with Crippen molar-refractivity contribution in [3.05, 3.63) is 77.3 Å². The number of hydrogen-bond donors (Lipinski definition) is 1. The van der Waals surface area contributed by atoms with Gasteiger partial charge in [0.25, 0.3) is 5.91 Å². The van der Waals surface area contributed by atoms with Gasteiger partial charge in [-0.3, -0.25) is 9.59 Å². The Bertz CT molecular complexity index is 1130. The van der Waals surface area contributed by atoms with Crippen LogP contribution >= 0.6 is 11.8 Å². The lowest BCUT2D eigenvalue weighted by Crippen LogP contribution is -2.32. The molecule has 0 saturated carbocycles. The van der Waals surface area contributed by atoms with Crippen LogP contribution in [-0.4, -0.2) is 29.3 Å². The van der Waals surface area contributed by atoms with Gasteiger partial charge in [-0.25, -0.2) is 4.39 Å². The number of hydrogen-bond acceptors (Lipinski definition) is 4. The fourth-order valence-corrected chi connectivity index (χ4v) is 4.58. The minimum Gasteiger partial charge on any atom is -0.481 e. The maximum absolute atomic E-state index is 13.7. The molecule has 0 radical (unpaired) electrons. The Hall–Kier alpha value is -3.06. The summed E-state index contributed by atoms with van der Waals surface area (Å²) in [6.07, 6.45) is 5.37. The molecule has 2 aromatic carbocycles. The van der Waals surface area contributed by atoms with E-state index in [1.54, 1.807) is 30.0 Å². The largest absolute Gasteiger partial charge is 0.481 e.